The van der Waals surface area contributed by atoms with Crippen molar-refractivity contribution in [2.24, 2.45) is 0 Å². The van der Waals surface area contributed by atoms with E-state index in [4.69, 9.17) is 15.9 Å². The molecule has 0 aliphatic rings. The maximum atomic E-state index is 12.2. The van der Waals surface area contributed by atoms with Gasteiger partial charge in [-0.2, -0.15) is 0 Å². The number of esters is 1. The van der Waals surface area contributed by atoms with E-state index < -0.39 is 5.97 Å². The molecule has 0 fully saturated rings. The molecule has 0 unspecified atom stereocenters. The minimum atomic E-state index is -0.441. The molecule has 6 nitrogen and oxygen atoms in total. The molecule has 2 rings (SSSR count). The van der Waals surface area contributed by atoms with E-state index in [9.17, 15) is 9.59 Å². The van der Waals surface area contributed by atoms with Crippen LogP contribution in [0.1, 0.15) is 39.0 Å². The molecular weight excluding hydrogens is 344 g/mol. The summed E-state index contributed by atoms with van der Waals surface area (Å²) in [5, 5.41) is 2.82. The first-order chi connectivity index (χ1) is 13.0. The number of hydrogen-bond acceptors (Lipinski definition) is 5. The number of rotatable bonds is 8. The molecule has 140 valence electrons. The Morgan fingerprint density at radius 3 is 2.56 bits per heavy atom. The monoisotopic (exact) mass is 366 g/mol. The van der Waals surface area contributed by atoms with E-state index in [1.165, 1.54) is 6.07 Å². The number of terminal acetylenes is 1. The SMILES string of the molecule is C#CCOc1ccc(CCNC(=O)c2ccc(C(=O)OCC)c(C)n2)cc1. The molecule has 1 aromatic heterocycles. The Kier molecular flexibility index (Phi) is 7.38. The van der Waals surface area contributed by atoms with Crippen LogP contribution in [0.25, 0.3) is 0 Å². The van der Waals surface area contributed by atoms with Crippen molar-refractivity contribution < 1.29 is 19.1 Å². The Labute approximate surface area is 158 Å². The topological polar surface area (TPSA) is 77.5 Å². The quantitative estimate of drug-likeness (QED) is 0.574. The summed E-state index contributed by atoms with van der Waals surface area (Å²) in [6.45, 7) is 4.39. The lowest BCUT2D eigenvalue weighted by Gasteiger charge is -2.08. The summed E-state index contributed by atoms with van der Waals surface area (Å²) in [5.41, 5.74) is 2.15. The van der Waals surface area contributed by atoms with Gasteiger partial charge in [-0.15, -0.1) is 6.42 Å². The van der Waals surface area contributed by atoms with Crippen LogP contribution in [0.2, 0.25) is 0 Å². The predicted molar refractivity (Wildman–Crippen MR) is 102 cm³/mol. The highest BCUT2D eigenvalue weighted by molar-refractivity contribution is 5.95. The van der Waals surface area contributed by atoms with Crippen molar-refractivity contribution in [2.45, 2.75) is 20.3 Å². The second kappa shape index (κ2) is 9.97. The van der Waals surface area contributed by atoms with Gasteiger partial charge in [0.05, 0.1) is 17.9 Å². The third-order valence-corrected chi connectivity index (χ3v) is 3.76. The number of ether oxygens (including phenoxy) is 2. The van der Waals surface area contributed by atoms with Crippen LogP contribution < -0.4 is 10.1 Å². The fourth-order valence-corrected chi connectivity index (χ4v) is 2.40. The highest BCUT2D eigenvalue weighted by atomic mass is 16.5. The van der Waals surface area contributed by atoms with Gasteiger partial charge in [-0.25, -0.2) is 9.78 Å². The molecule has 0 aliphatic heterocycles. The minimum absolute atomic E-state index is 0.233. The molecule has 0 spiro atoms. The molecule has 0 bridgehead atoms. The summed E-state index contributed by atoms with van der Waals surface area (Å²) in [5.74, 6) is 2.39. The minimum Gasteiger partial charge on any atom is -0.481 e. The fraction of sp³-hybridized carbons (Fsp3) is 0.286. The molecule has 1 N–H and O–H groups in total. The molecule has 1 aromatic carbocycles. The van der Waals surface area contributed by atoms with E-state index in [1.54, 1.807) is 19.9 Å². The lowest BCUT2D eigenvalue weighted by atomic mass is 10.1. The molecule has 0 saturated heterocycles. The molecule has 1 heterocycles. The maximum absolute atomic E-state index is 12.2. The molecule has 27 heavy (non-hydrogen) atoms. The number of benzene rings is 1. The first kappa shape index (κ1) is 20.0. The molecule has 2 aromatic rings. The summed E-state index contributed by atoms with van der Waals surface area (Å²) >= 11 is 0. The van der Waals surface area contributed by atoms with Gasteiger partial charge in [-0.1, -0.05) is 18.1 Å². The van der Waals surface area contributed by atoms with Gasteiger partial charge in [0.1, 0.15) is 18.1 Å². The third-order valence-electron chi connectivity index (χ3n) is 3.76. The Hall–Kier alpha value is -3.33. The molecule has 0 saturated carbocycles. The number of carbonyl (C=O) groups is 2. The molecule has 6 heteroatoms. The summed E-state index contributed by atoms with van der Waals surface area (Å²) in [6, 6.07) is 10.6. The Morgan fingerprint density at radius 2 is 1.93 bits per heavy atom. The van der Waals surface area contributed by atoms with Crippen molar-refractivity contribution in [1.82, 2.24) is 10.3 Å². The van der Waals surface area contributed by atoms with Gasteiger partial charge in [-0.05, 0) is 50.1 Å². The van der Waals surface area contributed by atoms with E-state index in [0.29, 0.717) is 30.0 Å². The Morgan fingerprint density at radius 1 is 1.19 bits per heavy atom. The van der Waals surface area contributed by atoms with Crippen molar-refractivity contribution in [2.75, 3.05) is 19.8 Å². The van der Waals surface area contributed by atoms with Crippen LogP contribution in [0.15, 0.2) is 36.4 Å². The van der Waals surface area contributed by atoms with Gasteiger partial charge in [0, 0.05) is 6.54 Å². The van der Waals surface area contributed by atoms with E-state index in [2.05, 4.69) is 16.2 Å². The first-order valence-corrected chi connectivity index (χ1v) is 8.63. The van der Waals surface area contributed by atoms with Crippen molar-refractivity contribution >= 4 is 11.9 Å². The van der Waals surface area contributed by atoms with Crippen LogP contribution in [0.5, 0.6) is 5.75 Å². The number of pyridine rings is 1. The normalized spacial score (nSPS) is 9.96. The zero-order chi connectivity index (χ0) is 19.6. The average molecular weight is 366 g/mol. The Bertz CT molecular complexity index is 838. The summed E-state index contributed by atoms with van der Waals surface area (Å²) in [6.07, 6.45) is 5.82. The van der Waals surface area contributed by atoms with E-state index in [0.717, 1.165) is 5.56 Å². The van der Waals surface area contributed by atoms with Crippen LogP contribution in [-0.2, 0) is 11.2 Å². The molecular formula is C21H22N2O4. The third kappa shape index (κ3) is 5.86. The summed E-state index contributed by atoms with van der Waals surface area (Å²) < 4.78 is 10.3. The number of nitrogens with one attached hydrogen (secondary N) is 1. The predicted octanol–water partition coefficient (Wildman–Crippen LogP) is 2.55. The van der Waals surface area contributed by atoms with Gasteiger partial charge in [0.2, 0.25) is 0 Å². The highest BCUT2D eigenvalue weighted by Gasteiger charge is 2.14. The average Bonchev–Trinajstić information content (AvgIpc) is 2.67. The van der Waals surface area contributed by atoms with Crippen LogP contribution >= 0.6 is 0 Å². The van der Waals surface area contributed by atoms with Gasteiger partial charge < -0.3 is 14.8 Å². The molecule has 0 radical (unpaired) electrons. The zero-order valence-electron chi connectivity index (χ0n) is 15.5. The Balaban J connectivity index is 1.87. The van der Waals surface area contributed by atoms with Gasteiger partial charge >= 0.3 is 5.97 Å². The number of aromatic nitrogens is 1. The standard InChI is InChI=1S/C21H22N2O4/c1-4-14-27-17-8-6-16(7-9-17)12-13-22-20(24)19-11-10-18(15(3)23-19)21(25)26-5-2/h1,6-11H,5,12-14H2,2-3H3,(H,22,24). The second-order valence-electron chi connectivity index (χ2n) is 5.69. The maximum Gasteiger partial charge on any atom is 0.339 e. The van der Waals surface area contributed by atoms with Crippen LogP contribution in [0.3, 0.4) is 0 Å². The van der Waals surface area contributed by atoms with Gasteiger partial charge in [-0.3, -0.25) is 4.79 Å². The number of nitrogens with zero attached hydrogens (tertiary/aromatic N) is 1. The van der Waals surface area contributed by atoms with Crippen molar-refractivity contribution in [3.8, 4) is 18.1 Å². The number of hydrogen-bond donors (Lipinski definition) is 1. The molecule has 1 amide bonds. The highest BCUT2D eigenvalue weighted by Crippen LogP contribution is 2.12. The van der Waals surface area contributed by atoms with Gasteiger partial charge in [0.15, 0.2) is 0 Å². The van der Waals surface area contributed by atoms with Crippen molar-refractivity contribution in [3.63, 3.8) is 0 Å². The van der Waals surface area contributed by atoms with Crippen LogP contribution in [-0.4, -0.2) is 36.6 Å². The second-order valence-corrected chi connectivity index (χ2v) is 5.69. The zero-order valence-corrected chi connectivity index (χ0v) is 15.5. The van der Waals surface area contributed by atoms with Crippen molar-refractivity contribution in [3.05, 3.63) is 58.9 Å². The summed E-state index contributed by atoms with van der Waals surface area (Å²) in [4.78, 5) is 28.2. The van der Waals surface area contributed by atoms with Crippen molar-refractivity contribution in [1.29, 1.82) is 0 Å². The van der Waals surface area contributed by atoms with Crippen LogP contribution in [0, 0.1) is 19.3 Å². The van der Waals surface area contributed by atoms with Gasteiger partial charge in [0.25, 0.3) is 5.91 Å². The lowest BCUT2D eigenvalue weighted by molar-refractivity contribution is 0.0524. The van der Waals surface area contributed by atoms with E-state index in [-0.39, 0.29) is 24.8 Å². The number of carbonyl (C=O) groups excluding carboxylic acids is 2. The smallest absolute Gasteiger partial charge is 0.339 e. The van der Waals surface area contributed by atoms with E-state index in [1.807, 2.05) is 24.3 Å². The van der Waals surface area contributed by atoms with Crippen LogP contribution in [0.4, 0.5) is 0 Å². The summed E-state index contributed by atoms with van der Waals surface area (Å²) in [7, 11) is 0. The van der Waals surface area contributed by atoms with E-state index >= 15 is 0 Å². The lowest BCUT2D eigenvalue weighted by Crippen LogP contribution is -2.27. The number of aryl methyl sites for hydroxylation is 1. The fourth-order valence-electron chi connectivity index (χ4n) is 2.40. The largest absolute Gasteiger partial charge is 0.481 e. The first-order valence-electron chi connectivity index (χ1n) is 8.63. The molecule has 0 aliphatic carbocycles. The number of amides is 1. The molecule has 0 atom stereocenters.